The number of ether oxygens (including phenoxy) is 2. The third kappa shape index (κ3) is 4.66. The first kappa shape index (κ1) is 22.2. The Kier molecular flexibility index (Phi) is 6.55. The quantitative estimate of drug-likeness (QED) is 0.362. The minimum absolute atomic E-state index is 0.0635. The van der Waals surface area contributed by atoms with Crippen LogP contribution in [0.4, 0.5) is 0 Å². The highest BCUT2D eigenvalue weighted by atomic mass is 32.1. The number of fused-ring (bicyclic) bond motifs is 1. The van der Waals surface area contributed by atoms with Crippen LogP contribution in [-0.2, 0) is 16.1 Å². The number of hydrogen-bond acceptors (Lipinski definition) is 7. The third-order valence-electron chi connectivity index (χ3n) is 4.94. The Morgan fingerprint density at radius 2 is 2.00 bits per heavy atom. The molecule has 0 bridgehead atoms. The molecule has 1 amide bonds. The molecule has 0 spiro atoms. The van der Waals surface area contributed by atoms with E-state index in [1.807, 2.05) is 0 Å². The van der Waals surface area contributed by atoms with Gasteiger partial charge in [0.2, 0.25) is 0 Å². The number of carbonyl (C=O) groups excluding carboxylic acids is 3. The molecule has 2 aromatic rings. The number of benzene rings is 2. The first-order valence-corrected chi connectivity index (χ1v) is 10.00. The van der Waals surface area contributed by atoms with Crippen LogP contribution in [0.1, 0.15) is 44.3 Å². The lowest BCUT2D eigenvalue weighted by molar-refractivity contribution is -0.145. The average Bonchev–Trinajstić information content (AvgIpc) is 3.04. The molecule has 1 aliphatic rings. The number of nitrogens with zero attached hydrogens (tertiary/aromatic N) is 1. The van der Waals surface area contributed by atoms with Gasteiger partial charge in [0, 0.05) is 23.2 Å². The molecule has 0 unspecified atom stereocenters. The fraction of sp³-hybridized carbons (Fsp3) is 0.273. The van der Waals surface area contributed by atoms with Gasteiger partial charge in [-0.25, -0.2) is 4.79 Å². The summed E-state index contributed by atoms with van der Waals surface area (Å²) < 4.78 is 10.2. The van der Waals surface area contributed by atoms with Crippen LogP contribution in [-0.4, -0.2) is 52.4 Å². The van der Waals surface area contributed by atoms with Gasteiger partial charge >= 0.3 is 5.97 Å². The lowest BCUT2D eigenvalue weighted by Gasteiger charge is -2.16. The van der Waals surface area contributed by atoms with Crippen LogP contribution in [0.2, 0.25) is 0 Å². The van der Waals surface area contributed by atoms with Crippen LogP contribution < -0.4 is 10.5 Å². The SMILES string of the molecule is CCOC(=O)COc1ccc(C(=O)CN2Cc3cc(C(N)=S)ccc3C2=O)c(O)c1C. The molecule has 162 valence electrons. The second-order valence-corrected chi connectivity index (χ2v) is 7.44. The van der Waals surface area contributed by atoms with Crippen molar-refractivity contribution in [3.63, 3.8) is 0 Å². The van der Waals surface area contributed by atoms with Crippen molar-refractivity contribution < 1.29 is 29.0 Å². The molecule has 0 aliphatic carbocycles. The van der Waals surface area contributed by atoms with Gasteiger partial charge in [0.15, 0.2) is 12.4 Å². The number of phenols is 1. The smallest absolute Gasteiger partial charge is 0.344 e. The molecule has 0 saturated carbocycles. The zero-order valence-corrected chi connectivity index (χ0v) is 18.0. The van der Waals surface area contributed by atoms with Crippen molar-refractivity contribution in [2.45, 2.75) is 20.4 Å². The van der Waals surface area contributed by atoms with E-state index in [2.05, 4.69) is 0 Å². The molecule has 31 heavy (non-hydrogen) atoms. The summed E-state index contributed by atoms with van der Waals surface area (Å²) in [6, 6.07) is 7.97. The van der Waals surface area contributed by atoms with Gasteiger partial charge in [-0.2, -0.15) is 0 Å². The minimum Gasteiger partial charge on any atom is -0.507 e. The number of hydrogen-bond donors (Lipinski definition) is 2. The van der Waals surface area contributed by atoms with Crippen molar-refractivity contribution in [1.82, 2.24) is 4.90 Å². The van der Waals surface area contributed by atoms with Crippen molar-refractivity contribution in [1.29, 1.82) is 0 Å². The molecule has 0 atom stereocenters. The Hall–Kier alpha value is -3.46. The van der Waals surface area contributed by atoms with Crippen LogP contribution >= 0.6 is 12.2 Å². The number of nitrogens with two attached hydrogens (primary N) is 1. The fourth-order valence-corrected chi connectivity index (χ4v) is 3.45. The Morgan fingerprint density at radius 1 is 1.26 bits per heavy atom. The Labute approximate surface area is 184 Å². The number of amides is 1. The van der Waals surface area contributed by atoms with E-state index in [4.69, 9.17) is 27.4 Å². The van der Waals surface area contributed by atoms with Crippen molar-refractivity contribution in [3.05, 3.63) is 58.1 Å². The molecular formula is C22H22N2O6S. The summed E-state index contributed by atoms with van der Waals surface area (Å²) in [5.74, 6) is -1.23. The Bertz CT molecular complexity index is 1080. The Morgan fingerprint density at radius 3 is 2.68 bits per heavy atom. The second kappa shape index (κ2) is 9.13. The maximum absolute atomic E-state index is 12.8. The van der Waals surface area contributed by atoms with Gasteiger partial charge in [-0.1, -0.05) is 18.3 Å². The van der Waals surface area contributed by atoms with E-state index in [0.29, 0.717) is 16.7 Å². The number of carbonyl (C=O) groups is 3. The molecular weight excluding hydrogens is 420 g/mol. The predicted octanol–water partition coefficient (Wildman–Crippen LogP) is 2.12. The normalized spacial score (nSPS) is 12.5. The summed E-state index contributed by atoms with van der Waals surface area (Å²) in [6.45, 7) is 3.23. The van der Waals surface area contributed by atoms with Crippen molar-refractivity contribution in [3.8, 4) is 11.5 Å². The van der Waals surface area contributed by atoms with E-state index in [1.54, 1.807) is 32.0 Å². The molecule has 1 heterocycles. The largest absolute Gasteiger partial charge is 0.507 e. The van der Waals surface area contributed by atoms with E-state index < -0.39 is 11.8 Å². The molecule has 3 rings (SSSR count). The maximum atomic E-state index is 12.8. The van der Waals surface area contributed by atoms with E-state index in [-0.39, 0.29) is 54.3 Å². The standard InChI is InChI=1S/C22H22N2O6S/c1-3-29-19(26)11-30-18-7-6-16(20(27)12(18)2)17(25)10-24-9-14-8-13(21(23)31)4-5-15(14)22(24)28/h4-8,27H,3,9-11H2,1-2H3,(H2,23,31). The highest BCUT2D eigenvalue weighted by Crippen LogP contribution is 2.32. The molecule has 0 fully saturated rings. The van der Waals surface area contributed by atoms with Crippen molar-refractivity contribution in [2.24, 2.45) is 5.73 Å². The Balaban J connectivity index is 1.72. The van der Waals surface area contributed by atoms with E-state index in [1.165, 1.54) is 17.0 Å². The zero-order valence-electron chi connectivity index (χ0n) is 17.1. The number of esters is 1. The first-order valence-electron chi connectivity index (χ1n) is 9.59. The highest BCUT2D eigenvalue weighted by molar-refractivity contribution is 7.80. The van der Waals surface area contributed by atoms with Gasteiger partial charge in [-0.05, 0) is 43.7 Å². The summed E-state index contributed by atoms with van der Waals surface area (Å²) in [5, 5.41) is 10.5. The van der Waals surface area contributed by atoms with Gasteiger partial charge in [0.25, 0.3) is 5.91 Å². The number of phenolic OH excluding ortho intramolecular Hbond substituents is 1. The van der Waals surface area contributed by atoms with Crippen molar-refractivity contribution >= 4 is 34.9 Å². The predicted molar refractivity (Wildman–Crippen MR) is 116 cm³/mol. The molecule has 2 aromatic carbocycles. The van der Waals surface area contributed by atoms with Gasteiger partial charge in [0.05, 0.1) is 18.7 Å². The summed E-state index contributed by atoms with van der Waals surface area (Å²) in [6.07, 6.45) is 0. The van der Waals surface area contributed by atoms with Gasteiger partial charge in [-0.3, -0.25) is 9.59 Å². The number of Topliss-reactive ketones (excluding diaryl/α,β-unsaturated/α-hetero) is 1. The van der Waals surface area contributed by atoms with Crippen LogP contribution in [0.15, 0.2) is 30.3 Å². The van der Waals surface area contributed by atoms with Crippen LogP contribution in [0.5, 0.6) is 11.5 Å². The fourth-order valence-electron chi connectivity index (χ4n) is 3.32. The molecule has 0 saturated heterocycles. The van der Waals surface area contributed by atoms with Gasteiger partial charge < -0.3 is 25.2 Å². The van der Waals surface area contributed by atoms with Crippen molar-refractivity contribution in [2.75, 3.05) is 19.8 Å². The molecule has 0 radical (unpaired) electrons. The number of rotatable bonds is 8. The maximum Gasteiger partial charge on any atom is 0.344 e. The van der Waals surface area contributed by atoms with E-state index in [9.17, 15) is 19.5 Å². The summed E-state index contributed by atoms with van der Waals surface area (Å²) in [5.41, 5.74) is 7.91. The molecule has 1 aliphatic heterocycles. The topological polar surface area (TPSA) is 119 Å². The van der Waals surface area contributed by atoms with Crippen LogP contribution in [0, 0.1) is 6.92 Å². The third-order valence-corrected chi connectivity index (χ3v) is 5.17. The molecule has 8 nitrogen and oxygen atoms in total. The second-order valence-electron chi connectivity index (χ2n) is 7.00. The van der Waals surface area contributed by atoms with Gasteiger partial charge in [0.1, 0.15) is 16.5 Å². The molecule has 9 heteroatoms. The van der Waals surface area contributed by atoms with Crippen LogP contribution in [0.25, 0.3) is 0 Å². The zero-order chi connectivity index (χ0) is 22.7. The van der Waals surface area contributed by atoms with Gasteiger partial charge in [-0.15, -0.1) is 0 Å². The monoisotopic (exact) mass is 442 g/mol. The summed E-state index contributed by atoms with van der Waals surface area (Å²) >= 11 is 4.97. The lowest BCUT2D eigenvalue weighted by atomic mass is 10.0. The summed E-state index contributed by atoms with van der Waals surface area (Å²) in [4.78, 5) is 38.5. The van der Waals surface area contributed by atoms with Crippen LogP contribution in [0.3, 0.4) is 0 Å². The summed E-state index contributed by atoms with van der Waals surface area (Å²) in [7, 11) is 0. The first-order chi connectivity index (χ1) is 14.7. The molecule has 3 N–H and O–H groups in total. The number of ketones is 1. The average molecular weight is 442 g/mol. The molecule has 0 aromatic heterocycles. The lowest BCUT2D eigenvalue weighted by Crippen LogP contribution is -2.30. The number of aromatic hydroxyl groups is 1. The van der Waals surface area contributed by atoms with E-state index >= 15 is 0 Å². The number of thiocarbonyl (C=S) groups is 1. The highest BCUT2D eigenvalue weighted by Gasteiger charge is 2.30. The minimum atomic E-state index is -0.535. The van der Waals surface area contributed by atoms with E-state index in [0.717, 1.165) is 5.56 Å².